The maximum atomic E-state index is 5.76. The quantitative estimate of drug-likeness (QED) is 0.854. The highest BCUT2D eigenvalue weighted by atomic mass is 35.5. The molecule has 17 heavy (non-hydrogen) atoms. The lowest BCUT2D eigenvalue weighted by molar-refractivity contribution is 0.194. The molecule has 0 saturated carbocycles. The van der Waals surface area contributed by atoms with Crippen molar-refractivity contribution in [3.8, 4) is 0 Å². The van der Waals surface area contributed by atoms with E-state index >= 15 is 0 Å². The molecule has 0 spiro atoms. The molecule has 1 aromatic rings. The molecule has 2 rings (SSSR count). The van der Waals surface area contributed by atoms with Crippen LogP contribution in [-0.4, -0.2) is 41.0 Å². The first-order chi connectivity index (χ1) is 7.75. The molecule has 1 fully saturated rings. The van der Waals surface area contributed by atoms with Gasteiger partial charge in [0.1, 0.15) is 0 Å². The first-order valence-electron chi connectivity index (χ1n) is 5.64. The SMILES string of the molecule is CN(Cc1ccnc(Cl)n1)[C@H]1CCCNC1.Cl. The molecule has 1 aliphatic heterocycles. The van der Waals surface area contributed by atoms with E-state index in [-0.39, 0.29) is 12.4 Å². The van der Waals surface area contributed by atoms with Crippen molar-refractivity contribution in [2.75, 3.05) is 20.1 Å². The minimum atomic E-state index is 0. The zero-order valence-corrected chi connectivity index (χ0v) is 11.5. The standard InChI is InChI=1S/C11H17ClN4.ClH/c1-16(10-3-2-5-13-7-10)8-9-4-6-14-11(12)15-9;/h4,6,10,13H,2-3,5,7-8H2,1H3;1H/t10-;/m0./s1. The highest BCUT2D eigenvalue weighted by Gasteiger charge is 2.17. The number of rotatable bonds is 3. The van der Waals surface area contributed by atoms with Gasteiger partial charge < -0.3 is 5.32 Å². The molecule has 6 heteroatoms. The zero-order valence-electron chi connectivity index (χ0n) is 9.90. The first kappa shape index (κ1) is 14.6. The lowest BCUT2D eigenvalue weighted by Gasteiger charge is -2.31. The van der Waals surface area contributed by atoms with Gasteiger partial charge >= 0.3 is 0 Å². The Balaban J connectivity index is 0.00000144. The average Bonchev–Trinajstić information content (AvgIpc) is 2.30. The second kappa shape index (κ2) is 7.11. The summed E-state index contributed by atoms with van der Waals surface area (Å²) in [5, 5.41) is 3.74. The van der Waals surface area contributed by atoms with Crippen LogP contribution in [0.4, 0.5) is 0 Å². The highest BCUT2D eigenvalue weighted by molar-refractivity contribution is 6.28. The van der Waals surface area contributed by atoms with E-state index in [2.05, 4.69) is 27.2 Å². The summed E-state index contributed by atoms with van der Waals surface area (Å²) in [7, 11) is 2.13. The van der Waals surface area contributed by atoms with E-state index in [9.17, 15) is 0 Å². The Labute approximate surface area is 113 Å². The van der Waals surface area contributed by atoms with E-state index in [1.54, 1.807) is 6.20 Å². The predicted octanol–water partition coefficient (Wildman–Crippen LogP) is 1.74. The summed E-state index contributed by atoms with van der Waals surface area (Å²) in [5.74, 6) is 0. The number of nitrogens with zero attached hydrogens (tertiary/aromatic N) is 3. The molecule has 1 aliphatic rings. The van der Waals surface area contributed by atoms with Crippen LogP contribution in [-0.2, 0) is 6.54 Å². The van der Waals surface area contributed by atoms with E-state index in [0.717, 1.165) is 25.3 Å². The number of hydrogen-bond donors (Lipinski definition) is 1. The maximum absolute atomic E-state index is 5.76. The van der Waals surface area contributed by atoms with Gasteiger partial charge in [-0.2, -0.15) is 0 Å². The van der Waals surface area contributed by atoms with E-state index in [1.165, 1.54) is 12.8 Å². The molecule has 4 nitrogen and oxygen atoms in total. The Morgan fingerprint density at radius 2 is 2.41 bits per heavy atom. The molecule has 0 radical (unpaired) electrons. The van der Waals surface area contributed by atoms with Gasteiger partial charge in [-0.15, -0.1) is 12.4 Å². The van der Waals surface area contributed by atoms with Crippen LogP contribution in [0.2, 0.25) is 5.28 Å². The summed E-state index contributed by atoms with van der Waals surface area (Å²) in [4.78, 5) is 10.4. The summed E-state index contributed by atoms with van der Waals surface area (Å²) in [6.45, 7) is 3.04. The Hall–Kier alpha value is -0.420. The molecule has 1 N–H and O–H groups in total. The van der Waals surface area contributed by atoms with Crippen LogP contribution in [0, 0.1) is 0 Å². The predicted molar refractivity (Wildman–Crippen MR) is 71.6 cm³/mol. The van der Waals surface area contributed by atoms with Gasteiger partial charge in [0.2, 0.25) is 5.28 Å². The molecule has 96 valence electrons. The van der Waals surface area contributed by atoms with Crippen LogP contribution >= 0.6 is 24.0 Å². The van der Waals surface area contributed by atoms with Crippen LogP contribution in [0.3, 0.4) is 0 Å². The molecular formula is C11H18Cl2N4. The molecular weight excluding hydrogens is 259 g/mol. The minimum absolute atomic E-state index is 0. The normalized spacial score (nSPS) is 20.1. The second-order valence-corrected chi connectivity index (χ2v) is 4.57. The van der Waals surface area contributed by atoms with E-state index in [1.807, 2.05) is 6.07 Å². The number of piperidine rings is 1. The number of nitrogens with one attached hydrogen (secondary N) is 1. The molecule has 0 aliphatic carbocycles. The average molecular weight is 277 g/mol. The largest absolute Gasteiger partial charge is 0.315 e. The van der Waals surface area contributed by atoms with Crippen molar-refractivity contribution < 1.29 is 0 Å². The van der Waals surface area contributed by atoms with E-state index < -0.39 is 0 Å². The molecule has 0 unspecified atom stereocenters. The van der Waals surface area contributed by atoms with Crippen molar-refractivity contribution in [3.63, 3.8) is 0 Å². The maximum Gasteiger partial charge on any atom is 0.222 e. The summed E-state index contributed by atoms with van der Waals surface area (Å²) in [5.41, 5.74) is 0.980. The number of aromatic nitrogens is 2. The van der Waals surface area contributed by atoms with Crippen molar-refractivity contribution in [1.29, 1.82) is 0 Å². The second-order valence-electron chi connectivity index (χ2n) is 4.23. The molecule has 2 heterocycles. The van der Waals surface area contributed by atoms with Gasteiger partial charge in [-0.1, -0.05) is 0 Å². The topological polar surface area (TPSA) is 41.1 Å². The van der Waals surface area contributed by atoms with Gasteiger partial charge in [0.05, 0.1) is 5.69 Å². The first-order valence-corrected chi connectivity index (χ1v) is 6.02. The Kier molecular flexibility index (Phi) is 6.12. The van der Waals surface area contributed by atoms with Crippen LogP contribution < -0.4 is 5.32 Å². The number of hydrogen-bond acceptors (Lipinski definition) is 4. The molecule has 1 aromatic heterocycles. The number of likely N-dealkylation sites (N-methyl/N-ethyl adjacent to an activating group) is 1. The van der Waals surface area contributed by atoms with Crippen LogP contribution in [0.25, 0.3) is 0 Å². The van der Waals surface area contributed by atoms with Gasteiger partial charge in [-0.3, -0.25) is 4.90 Å². The summed E-state index contributed by atoms with van der Waals surface area (Å²) >= 11 is 5.76. The van der Waals surface area contributed by atoms with Crippen molar-refractivity contribution in [3.05, 3.63) is 23.2 Å². The fourth-order valence-electron chi connectivity index (χ4n) is 2.05. The number of halogens is 2. The van der Waals surface area contributed by atoms with Crippen LogP contribution in [0.15, 0.2) is 12.3 Å². The lowest BCUT2D eigenvalue weighted by Crippen LogP contribution is -2.43. The fourth-order valence-corrected chi connectivity index (χ4v) is 2.22. The fraction of sp³-hybridized carbons (Fsp3) is 0.636. The van der Waals surface area contributed by atoms with Gasteiger partial charge in [0.15, 0.2) is 0 Å². The van der Waals surface area contributed by atoms with Gasteiger partial charge in [0, 0.05) is 25.3 Å². The van der Waals surface area contributed by atoms with Crippen LogP contribution in [0.5, 0.6) is 0 Å². The minimum Gasteiger partial charge on any atom is -0.315 e. The van der Waals surface area contributed by atoms with Crippen molar-refractivity contribution in [1.82, 2.24) is 20.2 Å². The van der Waals surface area contributed by atoms with Gasteiger partial charge in [-0.05, 0) is 44.1 Å². The van der Waals surface area contributed by atoms with Crippen molar-refractivity contribution >= 4 is 24.0 Å². The van der Waals surface area contributed by atoms with Gasteiger partial charge in [-0.25, -0.2) is 9.97 Å². The Bertz CT molecular complexity index is 342. The van der Waals surface area contributed by atoms with Crippen molar-refractivity contribution in [2.45, 2.75) is 25.4 Å². The summed E-state index contributed by atoms with van der Waals surface area (Å²) < 4.78 is 0. The third-order valence-electron chi connectivity index (χ3n) is 2.99. The third-order valence-corrected chi connectivity index (χ3v) is 3.17. The molecule has 0 amide bonds. The summed E-state index contributed by atoms with van der Waals surface area (Å²) in [6.07, 6.45) is 4.21. The van der Waals surface area contributed by atoms with Crippen molar-refractivity contribution in [2.24, 2.45) is 0 Å². The van der Waals surface area contributed by atoms with E-state index in [4.69, 9.17) is 11.6 Å². The Morgan fingerprint density at radius 1 is 1.59 bits per heavy atom. The molecule has 0 bridgehead atoms. The highest BCUT2D eigenvalue weighted by Crippen LogP contribution is 2.11. The molecule has 0 aromatic carbocycles. The molecule has 1 atom stereocenters. The van der Waals surface area contributed by atoms with Gasteiger partial charge in [0.25, 0.3) is 0 Å². The van der Waals surface area contributed by atoms with E-state index in [0.29, 0.717) is 11.3 Å². The molecule has 1 saturated heterocycles. The smallest absolute Gasteiger partial charge is 0.222 e. The lowest BCUT2D eigenvalue weighted by atomic mass is 10.1. The third kappa shape index (κ3) is 4.39. The van der Waals surface area contributed by atoms with Crippen LogP contribution in [0.1, 0.15) is 18.5 Å². The zero-order chi connectivity index (χ0) is 11.4. The Morgan fingerprint density at radius 3 is 3.06 bits per heavy atom. The monoisotopic (exact) mass is 276 g/mol. The summed E-state index contributed by atoms with van der Waals surface area (Å²) in [6, 6.07) is 2.51.